The molecule has 0 aliphatic carbocycles. The van der Waals surface area contributed by atoms with E-state index in [1.807, 2.05) is 58.0 Å². The lowest BCUT2D eigenvalue weighted by molar-refractivity contribution is 0.0765. The maximum atomic E-state index is 11.8. The average molecular weight is 347 g/mol. The van der Waals surface area contributed by atoms with Crippen LogP contribution in [0.1, 0.15) is 10.4 Å². The fraction of sp³-hybridized carbons (Fsp3) is 0. The van der Waals surface area contributed by atoms with Crippen molar-refractivity contribution in [2.75, 3.05) is 0 Å². The van der Waals surface area contributed by atoms with Crippen molar-refractivity contribution in [3.05, 3.63) is 78.8 Å². The molecule has 1 unspecified atom stereocenters. The Morgan fingerprint density at radius 3 is 2.44 bits per heavy atom. The van der Waals surface area contributed by atoms with Gasteiger partial charge >= 0.3 is 5.97 Å². The predicted octanol–water partition coefficient (Wildman–Crippen LogP) is 4.01. The third-order valence-electron chi connectivity index (χ3n) is 3.99. The summed E-state index contributed by atoms with van der Waals surface area (Å²) in [6, 6.07) is 17.5. The molecule has 25 heavy (non-hydrogen) atoms. The quantitative estimate of drug-likeness (QED) is 0.526. The Morgan fingerprint density at radius 1 is 0.960 bits per heavy atom. The number of rotatable bonds is 3. The lowest BCUT2D eigenvalue weighted by Crippen LogP contribution is -2.00. The molecule has 0 radical (unpaired) electrons. The van der Waals surface area contributed by atoms with Gasteiger partial charge in [-0.1, -0.05) is 30.3 Å². The number of hydrogen-bond acceptors (Lipinski definition) is 4. The molecule has 1 aromatic carbocycles. The van der Waals surface area contributed by atoms with Crippen LogP contribution in [0.5, 0.6) is 0 Å². The summed E-state index contributed by atoms with van der Waals surface area (Å²) in [5.74, 6) is -0.422. The molecule has 6 heteroatoms. The van der Waals surface area contributed by atoms with Crippen LogP contribution < -0.4 is 0 Å². The van der Waals surface area contributed by atoms with Gasteiger partial charge in [0.25, 0.3) is 0 Å². The molecular formula is C19H14N3O2P. The van der Waals surface area contributed by atoms with E-state index in [4.69, 9.17) is 9.62 Å². The first-order chi connectivity index (χ1) is 12.3. The topological polar surface area (TPSA) is 56.5 Å². The number of aromatic nitrogens is 3. The molecule has 0 fully saturated rings. The molecule has 0 spiro atoms. The molecule has 0 amide bonds. The fourth-order valence-electron chi connectivity index (χ4n) is 2.84. The maximum absolute atomic E-state index is 11.8. The Kier molecular flexibility index (Phi) is 4.00. The highest BCUT2D eigenvalue weighted by atomic mass is 31.0. The van der Waals surface area contributed by atoms with Gasteiger partial charge in [-0.3, -0.25) is 4.98 Å². The minimum atomic E-state index is -0.422. The highest BCUT2D eigenvalue weighted by Gasteiger charge is 2.17. The van der Waals surface area contributed by atoms with Crippen LogP contribution in [0.4, 0.5) is 0 Å². The van der Waals surface area contributed by atoms with E-state index in [0.29, 0.717) is 5.56 Å². The second-order valence-electron chi connectivity index (χ2n) is 5.48. The van der Waals surface area contributed by atoms with E-state index in [-0.39, 0.29) is 0 Å². The van der Waals surface area contributed by atoms with Gasteiger partial charge < -0.3 is 4.52 Å². The molecule has 3 heterocycles. The van der Waals surface area contributed by atoms with Crippen LogP contribution >= 0.6 is 9.47 Å². The van der Waals surface area contributed by atoms with Crippen LogP contribution in [-0.2, 0) is 4.52 Å². The van der Waals surface area contributed by atoms with Gasteiger partial charge in [0.05, 0.1) is 20.5 Å². The van der Waals surface area contributed by atoms with Gasteiger partial charge in [0.2, 0.25) is 0 Å². The minimum Gasteiger partial charge on any atom is -0.448 e. The molecule has 0 aliphatic heterocycles. The molecule has 0 bridgehead atoms. The van der Waals surface area contributed by atoms with Gasteiger partial charge in [0.1, 0.15) is 5.69 Å². The van der Waals surface area contributed by atoms with Gasteiger partial charge in [-0.05, 0) is 29.8 Å². The Balaban J connectivity index is 2.01. The first kappa shape index (κ1) is 15.5. The molecular weight excluding hydrogens is 333 g/mol. The molecule has 4 aromatic rings. The third-order valence-corrected chi connectivity index (χ3v) is 4.20. The number of pyridine rings is 2. The number of hydrogen-bond donors (Lipinski definition) is 0. The number of nitrogens with zero attached hydrogens (tertiary/aromatic N) is 3. The lowest BCUT2D eigenvalue weighted by Gasteiger charge is -2.04. The zero-order valence-electron chi connectivity index (χ0n) is 13.2. The standard InChI is InChI=1S/C19H14N3O2P/c23-19(24-25)15-6-7-16-17(13-8-10-20-11-9-13)18(21-22(16)12-15)14-4-2-1-3-5-14/h1-12H,25H2. The van der Waals surface area contributed by atoms with E-state index in [0.717, 1.165) is 27.9 Å². The minimum absolute atomic E-state index is 0.422. The van der Waals surface area contributed by atoms with E-state index >= 15 is 0 Å². The summed E-state index contributed by atoms with van der Waals surface area (Å²) in [4.78, 5) is 15.9. The van der Waals surface area contributed by atoms with E-state index in [9.17, 15) is 4.79 Å². The summed E-state index contributed by atoms with van der Waals surface area (Å²) in [6.07, 6.45) is 5.19. The monoisotopic (exact) mass is 347 g/mol. The Bertz CT molecular complexity index is 1050. The summed E-state index contributed by atoms with van der Waals surface area (Å²) in [5.41, 5.74) is 5.22. The Labute approximate surface area is 146 Å². The summed E-state index contributed by atoms with van der Waals surface area (Å²) < 4.78 is 6.44. The number of benzene rings is 1. The van der Waals surface area contributed by atoms with Crippen LogP contribution in [-0.4, -0.2) is 20.6 Å². The molecule has 0 N–H and O–H groups in total. The van der Waals surface area contributed by atoms with Gasteiger partial charge in [-0.25, -0.2) is 9.31 Å². The molecule has 0 saturated carbocycles. The van der Waals surface area contributed by atoms with Crippen molar-refractivity contribution in [1.29, 1.82) is 0 Å². The molecule has 3 aromatic heterocycles. The van der Waals surface area contributed by atoms with Crippen LogP contribution in [0.2, 0.25) is 0 Å². The lowest BCUT2D eigenvalue weighted by atomic mass is 10.0. The Morgan fingerprint density at radius 2 is 1.72 bits per heavy atom. The highest BCUT2D eigenvalue weighted by Crippen LogP contribution is 2.34. The second-order valence-corrected chi connectivity index (χ2v) is 5.71. The van der Waals surface area contributed by atoms with Crippen molar-refractivity contribution in [2.45, 2.75) is 0 Å². The summed E-state index contributed by atoms with van der Waals surface area (Å²) >= 11 is 0. The zero-order chi connectivity index (χ0) is 17.2. The van der Waals surface area contributed by atoms with Crippen LogP contribution in [0.25, 0.3) is 27.9 Å². The average Bonchev–Trinajstić information content (AvgIpc) is 3.07. The summed E-state index contributed by atoms with van der Waals surface area (Å²) in [5, 5.41) is 4.72. The van der Waals surface area contributed by atoms with Gasteiger partial charge in [-0.2, -0.15) is 5.10 Å². The first-order valence-electron chi connectivity index (χ1n) is 7.67. The van der Waals surface area contributed by atoms with Gasteiger partial charge in [-0.15, -0.1) is 0 Å². The number of carbonyl (C=O) groups is 1. The van der Waals surface area contributed by atoms with Gasteiger partial charge in [0.15, 0.2) is 0 Å². The molecule has 4 rings (SSSR count). The normalized spacial score (nSPS) is 10.8. The van der Waals surface area contributed by atoms with Crippen LogP contribution in [0.3, 0.4) is 0 Å². The predicted molar refractivity (Wildman–Crippen MR) is 99.0 cm³/mol. The highest BCUT2D eigenvalue weighted by molar-refractivity contribution is 7.10. The SMILES string of the molecule is O=C(OP)c1ccc2c(-c3ccncc3)c(-c3ccccc3)nn2c1. The molecule has 0 aliphatic rings. The van der Waals surface area contributed by atoms with E-state index in [1.54, 1.807) is 29.2 Å². The second kappa shape index (κ2) is 6.46. The smallest absolute Gasteiger partial charge is 0.341 e. The Hall–Kier alpha value is -3.04. The number of carbonyl (C=O) groups excluding carboxylic acids is 1. The fourth-order valence-corrected chi connectivity index (χ4v) is 2.98. The summed E-state index contributed by atoms with van der Waals surface area (Å²) in [6.45, 7) is 0. The number of fused-ring (bicyclic) bond motifs is 1. The van der Waals surface area contributed by atoms with Crippen molar-refractivity contribution < 1.29 is 9.32 Å². The van der Waals surface area contributed by atoms with E-state index in [1.165, 1.54) is 0 Å². The molecule has 0 saturated heterocycles. The maximum Gasteiger partial charge on any atom is 0.341 e. The molecule has 1 atom stereocenters. The molecule has 122 valence electrons. The van der Waals surface area contributed by atoms with Crippen molar-refractivity contribution in [1.82, 2.24) is 14.6 Å². The third kappa shape index (κ3) is 2.79. The van der Waals surface area contributed by atoms with Crippen molar-refractivity contribution in [3.8, 4) is 22.4 Å². The van der Waals surface area contributed by atoms with Crippen LogP contribution in [0.15, 0.2) is 73.2 Å². The van der Waals surface area contributed by atoms with Crippen molar-refractivity contribution >= 4 is 21.0 Å². The van der Waals surface area contributed by atoms with Crippen molar-refractivity contribution in [3.63, 3.8) is 0 Å². The van der Waals surface area contributed by atoms with E-state index in [2.05, 4.69) is 4.98 Å². The summed E-state index contributed by atoms with van der Waals surface area (Å²) in [7, 11) is 1.97. The van der Waals surface area contributed by atoms with Gasteiger partial charge in [0, 0.05) is 29.7 Å². The largest absolute Gasteiger partial charge is 0.448 e. The van der Waals surface area contributed by atoms with E-state index < -0.39 is 5.97 Å². The first-order valence-corrected chi connectivity index (χ1v) is 8.14. The van der Waals surface area contributed by atoms with Crippen molar-refractivity contribution in [2.24, 2.45) is 0 Å². The molecule has 5 nitrogen and oxygen atoms in total. The van der Waals surface area contributed by atoms with Crippen LogP contribution in [0, 0.1) is 0 Å². The zero-order valence-corrected chi connectivity index (χ0v) is 14.3.